The van der Waals surface area contributed by atoms with Crippen LogP contribution in [0.3, 0.4) is 0 Å². The number of hydrogen-bond acceptors (Lipinski definition) is 6. The van der Waals surface area contributed by atoms with Crippen molar-refractivity contribution in [1.82, 2.24) is 14.9 Å². The second-order valence-corrected chi connectivity index (χ2v) is 8.76. The maximum absolute atomic E-state index is 12.6. The van der Waals surface area contributed by atoms with Crippen molar-refractivity contribution in [2.75, 3.05) is 39.4 Å². The van der Waals surface area contributed by atoms with E-state index in [1.54, 1.807) is 5.38 Å². The molecule has 0 bridgehead atoms. The van der Waals surface area contributed by atoms with Gasteiger partial charge in [0.2, 0.25) is 0 Å². The molecule has 3 rings (SSSR count). The smallest absolute Gasteiger partial charge is 0.252 e. The highest BCUT2D eigenvalue weighted by atomic mass is 35.5. The molecule has 0 radical (unpaired) electrons. The Balaban J connectivity index is 0.00000208. The van der Waals surface area contributed by atoms with E-state index in [0.29, 0.717) is 31.9 Å². The van der Waals surface area contributed by atoms with Crippen LogP contribution in [0.4, 0.5) is 0 Å². The normalized spacial score (nSPS) is 22.6. The summed E-state index contributed by atoms with van der Waals surface area (Å²) in [6, 6.07) is 1.58. The van der Waals surface area contributed by atoms with Crippen molar-refractivity contribution >= 4 is 39.7 Å². The molecule has 2 fully saturated rings. The van der Waals surface area contributed by atoms with Gasteiger partial charge in [0.1, 0.15) is 4.21 Å². The first-order valence-electron chi connectivity index (χ1n) is 7.75. The van der Waals surface area contributed by atoms with Crippen LogP contribution in [0.25, 0.3) is 0 Å². The maximum atomic E-state index is 12.6. The second kappa shape index (κ2) is 8.59. The number of sulfonamides is 1. The van der Waals surface area contributed by atoms with Gasteiger partial charge in [-0.1, -0.05) is 0 Å². The average Bonchev–Trinajstić information content (AvgIpc) is 3.07. The SMILES string of the molecule is Cl.O=C(N[C@H]1CCCNC1)c1csc(S(=O)(=O)N2CCOCC2)c1. The third-order valence-corrected chi connectivity index (χ3v) is 7.35. The summed E-state index contributed by atoms with van der Waals surface area (Å²) in [4.78, 5) is 12.3. The summed E-state index contributed by atoms with van der Waals surface area (Å²) in [5, 5.41) is 7.80. The molecule has 0 spiro atoms. The first-order chi connectivity index (χ1) is 11.1. The standard InChI is InChI=1S/C14H21N3O4S2.ClH/c18-14(16-12-2-1-3-15-9-12)11-8-13(22-10-11)23(19,20)17-4-6-21-7-5-17;/h8,10,12,15H,1-7,9H2,(H,16,18);1H/t12-;/m0./s1. The number of carbonyl (C=O) groups is 1. The topological polar surface area (TPSA) is 87.7 Å². The first kappa shape index (κ1) is 19.6. The molecule has 1 amide bonds. The van der Waals surface area contributed by atoms with Gasteiger partial charge in [0, 0.05) is 31.1 Å². The van der Waals surface area contributed by atoms with Crippen molar-refractivity contribution in [3.63, 3.8) is 0 Å². The van der Waals surface area contributed by atoms with Gasteiger partial charge in [-0.15, -0.1) is 23.7 Å². The fraction of sp³-hybridized carbons (Fsp3) is 0.643. The largest absolute Gasteiger partial charge is 0.379 e. The molecule has 0 saturated carbocycles. The molecule has 24 heavy (non-hydrogen) atoms. The molecule has 136 valence electrons. The van der Waals surface area contributed by atoms with E-state index < -0.39 is 10.0 Å². The number of piperidine rings is 1. The molecule has 10 heteroatoms. The van der Waals surface area contributed by atoms with Crippen molar-refractivity contribution in [1.29, 1.82) is 0 Å². The fourth-order valence-electron chi connectivity index (χ4n) is 2.73. The lowest BCUT2D eigenvalue weighted by atomic mass is 10.1. The van der Waals surface area contributed by atoms with Crippen molar-refractivity contribution in [3.05, 3.63) is 17.0 Å². The molecule has 0 aliphatic carbocycles. The summed E-state index contributed by atoms with van der Waals surface area (Å²) in [7, 11) is -3.53. The Morgan fingerprint density at radius 1 is 1.38 bits per heavy atom. The number of morpholine rings is 1. The van der Waals surface area contributed by atoms with E-state index >= 15 is 0 Å². The Bertz CT molecular complexity index is 653. The Hall–Kier alpha value is -0.710. The predicted molar refractivity (Wildman–Crippen MR) is 94.5 cm³/mol. The van der Waals surface area contributed by atoms with Crippen LogP contribution in [-0.2, 0) is 14.8 Å². The lowest BCUT2D eigenvalue weighted by molar-refractivity contribution is 0.0731. The summed E-state index contributed by atoms with van der Waals surface area (Å²) in [5.41, 5.74) is 0.410. The van der Waals surface area contributed by atoms with Crippen LogP contribution in [0.15, 0.2) is 15.7 Å². The molecule has 1 atom stereocenters. The van der Waals surface area contributed by atoms with Crippen molar-refractivity contribution in [2.45, 2.75) is 23.1 Å². The Morgan fingerprint density at radius 3 is 2.79 bits per heavy atom. The minimum absolute atomic E-state index is 0. The Kier molecular flexibility index (Phi) is 7.02. The second-order valence-electron chi connectivity index (χ2n) is 5.69. The molecule has 7 nitrogen and oxygen atoms in total. The van der Waals surface area contributed by atoms with E-state index in [2.05, 4.69) is 10.6 Å². The highest BCUT2D eigenvalue weighted by molar-refractivity contribution is 7.91. The summed E-state index contributed by atoms with van der Waals surface area (Å²) in [5.74, 6) is -0.210. The van der Waals surface area contributed by atoms with Gasteiger partial charge in [-0.25, -0.2) is 8.42 Å². The zero-order valence-electron chi connectivity index (χ0n) is 13.2. The molecular formula is C14H22ClN3O4S2. The zero-order valence-corrected chi connectivity index (χ0v) is 15.6. The number of nitrogens with zero attached hydrogens (tertiary/aromatic N) is 1. The van der Waals surface area contributed by atoms with Crippen LogP contribution in [0.1, 0.15) is 23.2 Å². The number of nitrogens with one attached hydrogen (secondary N) is 2. The van der Waals surface area contributed by atoms with Crippen LogP contribution in [-0.4, -0.2) is 64.1 Å². The zero-order chi connectivity index (χ0) is 16.3. The quantitative estimate of drug-likeness (QED) is 0.782. The first-order valence-corrected chi connectivity index (χ1v) is 10.1. The third kappa shape index (κ3) is 4.47. The number of amides is 1. The number of thiophene rings is 1. The van der Waals surface area contributed by atoms with Crippen molar-refractivity contribution < 1.29 is 17.9 Å². The van der Waals surface area contributed by atoms with Gasteiger partial charge in [-0.3, -0.25) is 4.79 Å². The third-order valence-electron chi connectivity index (χ3n) is 4.03. The van der Waals surface area contributed by atoms with E-state index in [1.807, 2.05) is 0 Å². The molecule has 2 N–H and O–H groups in total. The molecule has 1 aromatic rings. The minimum atomic E-state index is -3.53. The minimum Gasteiger partial charge on any atom is -0.379 e. The van der Waals surface area contributed by atoms with Gasteiger partial charge in [0.05, 0.1) is 18.8 Å². The Morgan fingerprint density at radius 2 is 2.12 bits per heavy atom. The number of hydrogen-bond donors (Lipinski definition) is 2. The summed E-state index contributed by atoms with van der Waals surface area (Å²) in [6.07, 6.45) is 1.98. The molecule has 3 heterocycles. The summed E-state index contributed by atoms with van der Waals surface area (Å²) < 4.78 is 31.9. The molecule has 2 saturated heterocycles. The molecule has 2 aliphatic rings. The molecule has 2 aliphatic heterocycles. The van der Waals surface area contributed by atoms with Crippen LogP contribution in [0.5, 0.6) is 0 Å². The van der Waals surface area contributed by atoms with Gasteiger partial charge in [-0.05, 0) is 25.5 Å². The average molecular weight is 396 g/mol. The van der Waals surface area contributed by atoms with E-state index in [4.69, 9.17) is 4.74 Å². The lowest BCUT2D eigenvalue weighted by Crippen LogP contribution is -2.45. The molecule has 0 aromatic carbocycles. The maximum Gasteiger partial charge on any atom is 0.252 e. The Labute approximate surface area is 152 Å². The van der Waals surface area contributed by atoms with Crippen LogP contribution >= 0.6 is 23.7 Å². The predicted octanol–water partition coefficient (Wildman–Crippen LogP) is 0.673. The summed E-state index contributed by atoms with van der Waals surface area (Å²) >= 11 is 1.09. The van der Waals surface area contributed by atoms with Crippen LogP contribution in [0.2, 0.25) is 0 Å². The number of rotatable bonds is 4. The van der Waals surface area contributed by atoms with E-state index in [1.165, 1.54) is 10.4 Å². The summed E-state index contributed by atoms with van der Waals surface area (Å²) in [6.45, 7) is 3.27. The van der Waals surface area contributed by atoms with E-state index in [-0.39, 0.29) is 28.6 Å². The number of halogens is 1. The highest BCUT2D eigenvalue weighted by Gasteiger charge is 2.28. The molecule has 1 aromatic heterocycles. The van der Waals surface area contributed by atoms with Gasteiger partial charge >= 0.3 is 0 Å². The monoisotopic (exact) mass is 395 g/mol. The van der Waals surface area contributed by atoms with Crippen molar-refractivity contribution in [2.24, 2.45) is 0 Å². The highest BCUT2D eigenvalue weighted by Crippen LogP contribution is 2.24. The van der Waals surface area contributed by atoms with Gasteiger partial charge in [-0.2, -0.15) is 4.31 Å². The van der Waals surface area contributed by atoms with Gasteiger partial charge in [0.15, 0.2) is 0 Å². The van der Waals surface area contributed by atoms with Crippen LogP contribution in [0, 0.1) is 0 Å². The fourth-order valence-corrected chi connectivity index (χ4v) is 5.45. The van der Waals surface area contributed by atoms with E-state index in [9.17, 15) is 13.2 Å². The number of carbonyl (C=O) groups excluding carboxylic acids is 1. The number of ether oxygens (including phenoxy) is 1. The molecular weight excluding hydrogens is 374 g/mol. The van der Waals surface area contributed by atoms with Crippen LogP contribution < -0.4 is 10.6 Å². The van der Waals surface area contributed by atoms with Gasteiger partial charge in [0.25, 0.3) is 15.9 Å². The molecule has 0 unspecified atom stereocenters. The van der Waals surface area contributed by atoms with Crippen molar-refractivity contribution in [3.8, 4) is 0 Å². The van der Waals surface area contributed by atoms with E-state index in [0.717, 1.165) is 37.3 Å². The van der Waals surface area contributed by atoms with Gasteiger partial charge < -0.3 is 15.4 Å². The lowest BCUT2D eigenvalue weighted by Gasteiger charge is -2.25.